The number of rotatable bonds is 4. The van der Waals surface area contributed by atoms with Crippen molar-refractivity contribution in [1.82, 2.24) is 0 Å². The zero-order chi connectivity index (χ0) is 19.8. The first kappa shape index (κ1) is 17.8. The minimum Gasteiger partial charge on any atom is -0.508 e. The lowest BCUT2D eigenvalue weighted by molar-refractivity contribution is 0.0697. The Morgan fingerprint density at radius 2 is 1.68 bits per heavy atom. The number of phenolic OH excluding ortho intramolecular Hbond substituents is 1. The van der Waals surface area contributed by atoms with E-state index in [0.717, 1.165) is 27.3 Å². The summed E-state index contributed by atoms with van der Waals surface area (Å²) in [4.78, 5) is 22.4. The Morgan fingerprint density at radius 1 is 0.964 bits per heavy atom. The van der Waals surface area contributed by atoms with Crippen molar-refractivity contribution in [1.29, 1.82) is 0 Å². The van der Waals surface area contributed by atoms with Crippen LogP contribution in [0.4, 0.5) is 0 Å². The van der Waals surface area contributed by atoms with Gasteiger partial charge in [0.1, 0.15) is 11.3 Å². The number of carboxylic acids is 1. The summed E-state index contributed by atoms with van der Waals surface area (Å²) in [7, 11) is 0. The number of aromatic carboxylic acids is 1. The van der Waals surface area contributed by atoms with E-state index in [1.807, 2.05) is 30.3 Å². The Hall–Kier alpha value is -3.60. The van der Waals surface area contributed by atoms with Gasteiger partial charge in [-0.25, -0.2) is 9.59 Å². The standard InChI is InChI=1S/C23H18O5/c1-13(8-19-11-17-6-7-22(25)28-21(17)12-20(19)24)14-2-3-16-10-18(23(26)27)5-4-15(16)9-14/h2-7,9-13,24H,8H2,1H3,(H,26,27). The van der Waals surface area contributed by atoms with Gasteiger partial charge in [0.05, 0.1) is 5.56 Å². The van der Waals surface area contributed by atoms with Crippen molar-refractivity contribution >= 4 is 27.7 Å². The molecule has 0 bridgehead atoms. The molecule has 140 valence electrons. The smallest absolute Gasteiger partial charge is 0.336 e. The van der Waals surface area contributed by atoms with Crippen LogP contribution in [-0.4, -0.2) is 16.2 Å². The van der Waals surface area contributed by atoms with Crippen molar-refractivity contribution in [3.63, 3.8) is 0 Å². The van der Waals surface area contributed by atoms with Gasteiger partial charge in [-0.1, -0.05) is 31.2 Å². The largest absolute Gasteiger partial charge is 0.508 e. The summed E-state index contributed by atoms with van der Waals surface area (Å²) < 4.78 is 5.10. The lowest BCUT2D eigenvalue weighted by atomic mass is 9.91. The fraction of sp³-hybridized carbons (Fsp3) is 0.130. The van der Waals surface area contributed by atoms with E-state index in [0.29, 0.717) is 12.0 Å². The molecule has 1 aromatic heterocycles. The highest BCUT2D eigenvalue weighted by molar-refractivity contribution is 5.94. The highest BCUT2D eigenvalue weighted by atomic mass is 16.4. The van der Waals surface area contributed by atoms with Crippen molar-refractivity contribution in [2.75, 3.05) is 0 Å². The van der Waals surface area contributed by atoms with E-state index in [1.54, 1.807) is 18.2 Å². The molecular formula is C23H18O5. The van der Waals surface area contributed by atoms with Gasteiger partial charge < -0.3 is 14.6 Å². The van der Waals surface area contributed by atoms with Gasteiger partial charge in [0.15, 0.2) is 0 Å². The molecule has 5 nitrogen and oxygen atoms in total. The van der Waals surface area contributed by atoms with Crippen molar-refractivity contribution in [2.45, 2.75) is 19.3 Å². The summed E-state index contributed by atoms with van der Waals surface area (Å²) >= 11 is 0. The number of benzene rings is 3. The number of aromatic hydroxyl groups is 1. The number of carboxylic acid groups (broad SMARTS) is 1. The summed E-state index contributed by atoms with van der Waals surface area (Å²) in [6.07, 6.45) is 0.611. The van der Waals surface area contributed by atoms with Crippen LogP contribution >= 0.6 is 0 Å². The summed E-state index contributed by atoms with van der Waals surface area (Å²) in [5, 5.41) is 22.1. The number of hydrogen-bond donors (Lipinski definition) is 2. The molecule has 0 spiro atoms. The van der Waals surface area contributed by atoms with E-state index >= 15 is 0 Å². The van der Waals surface area contributed by atoms with E-state index in [9.17, 15) is 14.7 Å². The highest BCUT2D eigenvalue weighted by Crippen LogP contribution is 2.30. The van der Waals surface area contributed by atoms with Crippen LogP contribution in [0.1, 0.15) is 34.3 Å². The topological polar surface area (TPSA) is 87.7 Å². The van der Waals surface area contributed by atoms with Gasteiger partial charge in [-0.05, 0) is 58.5 Å². The SMILES string of the molecule is CC(Cc1cc2ccc(=O)oc2cc1O)c1ccc2cc(C(=O)O)ccc2c1. The second-order valence-corrected chi connectivity index (χ2v) is 7.00. The zero-order valence-corrected chi connectivity index (χ0v) is 15.2. The third kappa shape index (κ3) is 3.34. The number of fused-ring (bicyclic) bond motifs is 2. The molecule has 0 aliphatic carbocycles. The normalized spacial score (nSPS) is 12.3. The molecule has 4 rings (SSSR count). The second-order valence-electron chi connectivity index (χ2n) is 7.00. The van der Waals surface area contributed by atoms with Crippen molar-refractivity contribution in [2.24, 2.45) is 0 Å². The van der Waals surface area contributed by atoms with Gasteiger partial charge in [-0.3, -0.25) is 0 Å². The lowest BCUT2D eigenvalue weighted by Gasteiger charge is -2.15. The van der Waals surface area contributed by atoms with Crippen LogP contribution in [0.5, 0.6) is 5.75 Å². The van der Waals surface area contributed by atoms with Crippen LogP contribution in [0.25, 0.3) is 21.7 Å². The molecule has 0 aliphatic heterocycles. The first-order valence-electron chi connectivity index (χ1n) is 8.93. The fourth-order valence-corrected chi connectivity index (χ4v) is 3.47. The maximum absolute atomic E-state index is 11.3. The molecule has 4 aromatic rings. The predicted octanol–water partition coefficient (Wildman–Crippen LogP) is 4.70. The van der Waals surface area contributed by atoms with Crippen LogP contribution in [0.3, 0.4) is 0 Å². The van der Waals surface area contributed by atoms with Crippen LogP contribution in [-0.2, 0) is 6.42 Å². The van der Waals surface area contributed by atoms with Crippen molar-refractivity contribution in [3.05, 3.63) is 87.8 Å². The molecule has 2 N–H and O–H groups in total. The molecule has 1 atom stereocenters. The van der Waals surface area contributed by atoms with E-state index in [4.69, 9.17) is 9.52 Å². The van der Waals surface area contributed by atoms with Gasteiger partial charge in [-0.2, -0.15) is 0 Å². The van der Waals surface area contributed by atoms with Crippen LogP contribution < -0.4 is 5.63 Å². The van der Waals surface area contributed by atoms with Crippen molar-refractivity contribution < 1.29 is 19.4 Å². The quantitative estimate of drug-likeness (QED) is 0.506. The second kappa shape index (κ2) is 6.85. The van der Waals surface area contributed by atoms with Gasteiger partial charge >= 0.3 is 11.6 Å². The van der Waals surface area contributed by atoms with Crippen LogP contribution in [0.2, 0.25) is 0 Å². The number of carbonyl (C=O) groups is 1. The first-order chi connectivity index (χ1) is 13.4. The third-order valence-corrected chi connectivity index (χ3v) is 5.03. The number of phenols is 1. The van der Waals surface area contributed by atoms with Gasteiger partial charge in [0, 0.05) is 17.5 Å². The van der Waals surface area contributed by atoms with Crippen molar-refractivity contribution in [3.8, 4) is 5.75 Å². The molecule has 3 aromatic carbocycles. The summed E-state index contributed by atoms with van der Waals surface area (Å²) in [5.74, 6) is -0.717. The minimum atomic E-state index is -0.943. The summed E-state index contributed by atoms with van der Waals surface area (Å²) in [5.41, 5.74) is 2.04. The predicted molar refractivity (Wildman–Crippen MR) is 107 cm³/mol. The molecule has 1 heterocycles. The Labute approximate surface area is 160 Å². The first-order valence-corrected chi connectivity index (χ1v) is 8.93. The van der Waals surface area contributed by atoms with Crippen LogP contribution in [0.15, 0.2) is 69.9 Å². The molecular weight excluding hydrogens is 356 g/mol. The maximum Gasteiger partial charge on any atom is 0.336 e. The Morgan fingerprint density at radius 3 is 2.46 bits per heavy atom. The van der Waals surface area contributed by atoms with Crippen LogP contribution in [0, 0.1) is 0 Å². The molecule has 1 unspecified atom stereocenters. The summed E-state index contributed by atoms with van der Waals surface area (Å²) in [6.45, 7) is 2.07. The zero-order valence-electron chi connectivity index (χ0n) is 15.2. The molecule has 0 saturated heterocycles. The number of hydrogen-bond acceptors (Lipinski definition) is 4. The van der Waals surface area contributed by atoms with Gasteiger partial charge in [-0.15, -0.1) is 0 Å². The highest BCUT2D eigenvalue weighted by Gasteiger charge is 2.13. The van der Waals surface area contributed by atoms with E-state index in [2.05, 4.69) is 6.92 Å². The van der Waals surface area contributed by atoms with E-state index in [-0.39, 0.29) is 17.2 Å². The average Bonchev–Trinajstić information content (AvgIpc) is 2.67. The molecule has 0 saturated carbocycles. The van der Waals surface area contributed by atoms with E-state index in [1.165, 1.54) is 12.1 Å². The minimum absolute atomic E-state index is 0.0978. The Kier molecular flexibility index (Phi) is 4.35. The summed E-state index contributed by atoms with van der Waals surface area (Å²) in [6, 6.07) is 17.4. The van der Waals surface area contributed by atoms with Gasteiger partial charge in [0.25, 0.3) is 0 Å². The molecule has 28 heavy (non-hydrogen) atoms. The monoisotopic (exact) mass is 374 g/mol. The molecule has 0 radical (unpaired) electrons. The van der Waals surface area contributed by atoms with Gasteiger partial charge in [0.2, 0.25) is 0 Å². The molecule has 0 amide bonds. The lowest BCUT2D eigenvalue weighted by Crippen LogP contribution is -2.00. The Balaban J connectivity index is 1.65. The third-order valence-electron chi connectivity index (χ3n) is 5.03. The maximum atomic E-state index is 11.3. The molecule has 0 fully saturated rings. The average molecular weight is 374 g/mol. The molecule has 5 heteroatoms. The fourth-order valence-electron chi connectivity index (χ4n) is 3.47. The van der Waals surface area contributed by atoms with E-state index < -0.39 is 11.6 Å². The Bertz CT molecular complexity index is 1270. The molecule has 0 aliphatic rings.